The van der Waals surface area contributed by atoms with Gasteiger partial charge in [0, 0.05) is 12.1 Å². The van der Waals surface area contributed by atoms with Crippen LogP contribution >= 0.6 is 0 Å². The molecular formula is C10H20N2O2. The van der Waals surface area contributed by atoms with Crippen molar-refractivity contribution in [3.8, 4) is 0 Å². The highest BCUT2D eigenvalue weighted by molar-refractivity contribution is 5.85. The van der Waals surface area contributed by atoms with E-state index < -0.39 is 0 Å². The molecule has 0 aliphatic rings. The van der Waals surface area contributed by atoms with E-state index in [4.69, 9.17) is 0 Å². The molecule has 0 saturated carbocycles. The second kappa shape index (κ2) is 4.98. The third-order valence-electron chi connectivity index (χ3n) is 1.43. The van der Waals surface area contributed by atoms with Crippen LogP contribution in [0.4, 0.5) is 4.79 Å². The zero-order valence-electron chi connectivity index (χ0n) is 9.63. The van der Waals surface area contributed by atoms with E-state index in [0.29, 0.717) is 13.0 Å². The topological polar surface area (TPSA) is 49.4 Å². The molecule has 0 rings (SSSR count). The molecule has 4 nitrogen and oxygen atoms in total. The molecule has 0 bridgehead atoms. The molecule has 0 aromatic carbocycles. The van der Waals surface area contributed by atoms with Gasteiger partial charge in [-0.1, -0.05) is 13.8 Å². The number of nitrogens with zero attached hydrogens (tertiary/aromatic N) is 1. The third kappa shape index (κ3) is 5.56. The lowest BCUT2D eigenvalue weighted by Gasteiger charge is -2.25. The number of amides is 3. The van der Waals surface area contributed by atoms with E-state index in [2.05, 4.69) is 5.32 Å². The second-order valence-corrected chi connectivity index (χ2v) is 4.83. The molecule has 0 radical (unpaired) electrons. The Morgan fingerprint density at radius 3 is 2.21 bits per heavy atom. The Bertz CT molecular complexity index is 207. The van der Waals surface area contributed by atoms with Gasteiger partial charge in [0.05, 0.1) is 0 Å². The summed E-state index contributed by atoms with van der Waals surface area (Å²) in [4.78, 5) is 23.3. The van der Waals surface area contributed by atoms with E-state index in [0.717, 1.165) is 4.90 Å². The summed E-state index contributed by atoms with van der Waals surface area (Å²) in [7, 11) is 0. The van der Waals surface area contributed by atoms with Crippen LogP contribution in [0.5, 0.6) is 0 Å². The van der Waals surface area contributed by atoms with Crippen molar-refractivity contribution >= 4 is 12.4 Å². The Kier molecular flexibility index (Phi) is 4.60. The summed E-state index contributed by atoms with van der Waals surface area (Å²) in [6.45, 7) is 10.0. The molecule has 14 heavy (non-hydrogen) atoms. The van der Waals surface area contributed by atoms with Crippen molar-refractivity contribution in [1.82, 2.24) is 10.2 Å². The van der Waals surface area contributed by atoms with Gasteiger partial charge in [-0.2, -0.15) is 0 Å². The summed E-state index contributed by atoms with van der Waals surface area (Å²) in [5, 5.41) is 2.73. The van der Waals surface area contributed by atoms with Gasteiger partial charge in [0.1, 0.15) is 0 Å². The Morgan fingerprint density at radius 1 is 1.43 bits per heavy atom. The lowest BCUT2D eigenvalue weighted by Crippen LogP contribution is -2.48. The zero-order chi connectivity index (χ0) is 11.4. The van der Waals surface area contributed by atoms with Crippen molar-refractivity contribution in [3.05, 3.63) is 0 Å². The molecule has 0 saturated heterocycles. The van der Waals surface area contributed by atoms with Crippen LogP contribution < -0.4 is 5.32 Å². The third-order valence-corrected chi connectivity index (χ3v) is 1.43. The number of carbonyl (C=O) groups is 2. The van der Waals surface area contributed by atoms with Gasteiger partial charge < -0.3 is 5.32 Å². The van der Waals surface area contributed by atoms with E-state index in [9.17, 15) is 9.59 Å². The van der Waals surface area contributed by atoms with Crippen molar-refractivity contribution in [2.75, 3.05) is 6.54 Å². The molecule has 0 heterocycles. The van der Waals surface area contributed by atoms with Crippen LogP contribution in [0.25, 0.3) is 0 Å². The van der Waals surface area contributed by atoms with Crippen LogP contribution in [0.15, 0.2) is 0 Å². The van der Waals surface area contributed by atoms with Crippen LogP contribution in [-0.4, -0.2) is 29.4 Å². The molecule has 0 spiro atoms. The molecule has 0 aliphatic carbocycles. The first-order chi connectivity index (χ1) is 6.26. The SMILES string of the molecule is CC(C)CN(C=O)C(=O)NC(C)(C)C. The highest BCUT2D eigenvalue weighted by Gasteiger charge is 2.19. The first-order valence-corrected chi connectivity index (χ1v) is 4.80. The minimum absolute atomic E-state index is 0.283. The Hall–Kier alpha value is -1.06. The lowest BCUT2D eigenvalue weighted by molar-refractivity contribution is -0.116. The predicted octanol–water partition coefficient (Wildman–Crippen LogP) is 1.61. The first-order valence-electron chi connectivity index (χ1n) is 4.80. The number of urea groups is 1. The smallest absolute Gasteiger partial charge is 0.324 e. The van der Waals surface area contributed by atoms with Crippen LogP contribution in [0.1, 0.15) is 34.6 Å². The number of imide groups is 1. The molecule has 0 unspecified atom stereocenters. The van der Waals surface area contributed by atoms with Gasteiger partial charge in [-0.05, 0) is 26.7 Å². The Balaban J connectivity index is 4.25. The maximum absolute atomic E-state index is 11.5. The average molecular weight is 200 g/mol. The number of hydrogen-bond donors (Lipinski definition) is 1. The molecule has 0 fully saturated rings. The van der Waals surface area contributed by atoms with Crippen LogP contribution in [-0.2, 0) is 4.79 Å². The number of hydrogen-bond acceptors (Lipinski definition) is 2. The summed E-state index contributed by atoms with van der Waals surface area (Å²) in [5.74, 6) is 0.283. The molecule has 1 N–H and O–H groups in total. The average Bonchev–Trinajstić information content (AvgIpc) is 1.96. The summed E-state index contributed by atoms with van der Waals surface area (Å²) in [5.41, 5.74) is -0.310. The van der Waals surface area contributed by atoms with Crippen LogP contribution in [0.3, 0.4) is 0 Å². The first kappa shape index (κ1) is 12.9. The van der Waals surface area contributed by atoms with Crippen LogP contribution in [0, 0.1) is 5.92 Å². The monoisotopic (exact) mass is 200 g/mol. The maximum atomic E-state index is 11.5. The van der Waals surface area contributed by atoms with Crippen molar-refractivity contribution in [1.29, 1.82) is 0 Å². The predicted molar refractivity (Wildman–Crippen MR) is 55.9 cm³/mol. The van der Waals surface area contributed by atoms with Crippen LogP contribution in [0.2, 0.25) is 0 Å². The fraction of sp³-hybridized carbons (Fsp3) is 0.800. The van der Waals surface area contributed by atoms with Crippen molar-refractivity contribution in [3.63, 3.8) is 0 Å². The standard InChI is InChI=1S/C10H20N2O2/c1-8(2)6-12(7-13)9(14)11-10(3,4)5/h7-8H,6H2,1-5H3,(H,11,14). The van der Waals surface area contributed by atoms with E-state index in [-0.39, 0.29) is 17.5 Å². The van der Waals surface area contributed by atoms with E-state index in [1.165, 1.54) is 0 Å². The van der Waals surface area contributed by atoms with Crippen molar-refractivity contribution in [2.24, 2.45) is 5.92 Å². The van der Waals surface area contributed by atoms with E-state index in [1.807, 2.05) is 34.6 Å². The van der Waals surface area contributed by atoms with Gasteiger partial charge >= 0.3 is 6.03 Å². The molecular weight excluding hydrogens is 180 g/mol. The molecule has 0 atom stereocenters. The summed E-state index contributed by atoms with van der Waals surface area (Å²) < 4.78 is 0. The number of carbonyl (C=O) groups excluding carboxylic acids is 2. The highest BCUT2D eigenvalue weighted by Crippen LogP contribution is 2.02. The largest absolute Gasteiger partial charge is 0.333 e. The quantitative estimate of drug-likeness (QED) is 0.704. The molecule has 0 aromatic heterocycles. The number of nitrogens with one attached hydrogen (secondary N) is 1. The fourth-order valence-electron chi connectivity index (χ4n) is 0.960. The maximum Gasteiger partial charge on any atom is 0.324 e. The zero-order valence-corrected chi connectivity index (χ0v) is 9.63. The Morgan fingerprint density at radius 2 is 1.93 bits per heavy atom. The lowest BCUT2D eigenvalue weighted by atomic mass is 10.1. The van der Waals surface area contributed by atoms with Gasteiger partial charge in [-0.25, -0.2) is 4.79 Å². The Labute approximate surface area is 85.7 Å². The molecule has 4 heteroatoms. The normalized spacial score (nSPS) is 11.3. The number of rotatable bonds is 3. The minimum atomic E-state index is -0.332. The van der Waals surface area contributed by atoms with E-state index in [1.54, 1.807) is 0 Å². The van der Waals surface area contributed by atoms with Gasteiger partial charge in [0.25, 0.3) is 0 Å². The molecule has 0 aliphatic heterocycles. The summed E-state index contributed by atoms with van der Waals surface area (Å²) in [6, 6.07) is -0.332. The fourth-order valence-corrected chi connectivity index (χ4v) is 0.960. The van der Waals surface area contributed by atoms with Crippen molar-refractivity contribution in [2.45, 2.75) is 40.2 Å². The summed E-state index contributed by atoms with van der Waals surface area (Å²) >= 11 is 0. The van der Waals surface area contributed by atoms with Gasteiger partial charge in [0.2, 0.25) is 6.41 Å². The second-order valence-electron chi connectivity index (χ2n) is 4.83. The van der Waals surface area contributed by atoms with Gasteiger partial charge in [-0.15, -0.1) is 0 Å². The van der Waals surface area contributed by atoms with Gasteiger partial charge in [0.15, 0.2) is 0 Å². The molecule has 0 aromatic rings. The minimum Gasteiger partial charge on any atom is -0.333 e. The molecule has 82 valence electrons. The van der Waals surface area contributed by atoms with Gasteiger partial charge in [-0.3, -0.25) is 9.69 Å². The summed E-state index contributed by atoms with van der Waals surface area (Å²) in [6.07, 6.45) is 0.571. The van der Waals surface area contributed by atoms with Crippen molar-refractivity contribution < 1.29 is 9.59 Å². The molecule has 3 amide bonds. The highest BCUT2D eigenvalue weighted by atomic mass is 16.2. The van der Waals surface area contributed by atoms with E-state index >= 15 is 0 Å².